The van der Waals surface area contributed by atoms with Crippen LogP contribution in [0.5, 0.6) is 0 Å². The zero-order valence-electron chi connectivity index (χ0n) is 13.0. The second-order valence-electron chi connectivity index (χ2n) is 5.49. The van der Waals surface area contributed by atoms with E-state index in [-0.39, 0.29) is 25.5 Å². The Morgan fingerprint density at radius 1 is 0.714 bits per heavy atom. The first-order chi connectivity index (χ1) is 9.56. The Morgan fingerprint density at radius 2 is 1.05 bits per heavy atom. The van der Waals surface area contributed by atoms with E-state index >= 15 is 0 Å². The molecule has 0 saturated carbocycles. The molecule has 0 aromatic rings. The average Bonchev–Trinajstić information content (AvgIpc) is 2.38. The van der Waals surface area contributed by atoms with Crippen LogP contribution in [0.4, 0.5) is 0 Å². The molecule has 0 fully saturated rings. The molecule has 0 unspecified atom stereocenters. The van der Waals surface area contributed by atoms with Crippen LogP contribution in [0.2, 0.25) is 0 Å². The molecule has 21 heavy (non-hydrogen) atoms. The fraction of sp³-hybridized carbons (Fsp3) is 1.00. The second kappa shape index (κ2) is 16.8. The van der Waals surface area contributed by atoms with Gasteiger partial charge < -0.3 is 0 Å². The van der Waals surface area contributed by atoms with Gasteiger partial charge in [0.05, 0.1) is 6.61 Å². The number of rotatable bonds is 15. The normalized spacial score (nSPS) is 11.3. The third-order valence-electron chi connectivity index (χ3n) is 3.48. The quantitative estimate of drug-likeness (QED) is 0.279. The molecule has 0 aromatic carbocycles. The van der Waals surface area contributed by atoms with Crippen molar-refractivity contribution in [3.63, 3.8) is 0 Å². The SMILES string of the molecule is CCCCCCCCCCCCCCCOS(=O)(=O)O.[LiH]. The van der Waals surface area contributed by atoms with E-state index in [1.54, 1.807) is 0 Å². The Balaban J connectivity index is 0. The van der Waals surface area contributed by atoms with Gasteiger partial charge in [-0.1, -0.05) is 84.0 Å². The van der Waals surface area contributed by atoms with Crippen LogP contribution in [0.1, 0.15) is 90.4 Å². The van der Waals surface area contributed by atoms with Gasteiger partial charge in [-0.15, -0.1) is 0 Å². The first-order valence-corrected chi connectivity index (χ1v) is 9.54. The summed E-state index contributed by atoms with van der Waals surface area (Å²) in [4.78, 5) is 0. The van der Waals surface area contributed by atoms with Gasteiger partial charge >= 0.3 is 29.3 Å². The number of hydrogen-bond acceptors (Lipinski definition) is 3. The minimum absolute atomic E-state index is 0. The Kier molecular flexibility index (Phi) is 19.0. The van der Waals surface area contributed by atoms with E-state index in [9.17, 15) is 8.42 Å². The molecule has 0 rings (SSSR count). The summed E-state index contributed by atoms with van der Waals surface area (Å²) in [6, 6.07) is 0. The summed E-state index contributed by atoms with van der Waals surface area (Å²) in [5, 5.41) is 0. The topological polar surface area (TPSA) is 63.6 Å². The average molecular weight is 316 g/mol. The van der Waals surface area contributed by atoms with Crippen LogP contribution in [0.15, 0.2) is 0 Å². The van der Waals surface area contributed by atoms with E-state index in [2.05, 4.69) is 11.1 Å². The van der Waals surface area contributed by atoms with Crippen LogP contribution in [-0.2, 0) is 14.6 Å². The van der Waals surface area contributed by atoms with Gasteiger partial charge in [0.15, 0.2) is 0 Å². The third kappa shape index (κ3) is 22.9. The maximum absolute atomic E-state index is 10.3. The molecule has 0 spiro atoms. The van der Waals surface area contributed by atoms with Crippen LogP contribution in [0.3, 0.4) is 0 Å². The van der Waals surface area contributed by atoms with Crippen molar-refractivity contribution in [2.75, 3.05) is 6.61 Å². The second-order valence-corrected chi connectivity index (χ2v) is 6.58. The monoisotopic (exact) mass is 316 g/mol. The van der Waals surface area contributed by atoms with E-state index < -0.39 is 10.4 Å². The van der Waals surface area contributed by atoms with Crippen molar-refractivity contribution >= 4 is 29.3 Å². The molecule has 0 aliphatic heterocycles. The first kappa shape index (κ1) is 23.7. The predicted molar refractivity (Wildman–Crippen MR) is 90.3 cm³/mol. The summed E-state index contributed by atoms with van der Waals surface area (Å²) in [7, 11) is -4.24. The molecular weight excluding hydrogens is 283 g/mol. The van der Waals surface area contributed by atoms with Gasteiger partial charge in [0.25, 0.3) is 0 Å². The molecule has 6 heteroatoms. The van der Waals surface area contributed by atoms with Gasteiger partial charge in [-0.25, -0.2) is 4.18 Å². The van der Waals surface area contributed by atoms with Crippen molar-refractivity contribution in [2.45, 2.75) is 90.4 Å². The Labute approximate surface area is 143 Å². The van der Waals surface area contributed by atoms with Gasteiger partial charge in [0.2, 0.25) is 0 Å². The van der Waals surface area contributed by atoms with Crippen molar-refractivity contribution in [1.29, 1.82) is 0 Å². The van der Waals surface area contributed by atoms with Crippen LogP contribution < -0.4 is 0 Å². The molecule has 0 aliphatic carbocycles. The zero-order chi connectivity index (χ0) is 15.1. The Morgan fingerprint density at radius 3 is 1.38 bits per heavy atom. The van der Waals surface area contributed by atoms with Crippen LogP contribution in [0, 0.1) is 0 Å². The molecule has 4 nitrogen and oxygen atoms in total. The number of hydrogen-bond donors (Lipinski definition) is 1. The van der Waals surface area contributed by atoms with Crippen LogP contribution in [0.25, 0.3) is 0 Å². The molecule has 0 bridgehead atoms. The molecule has 1 N–H and O–H groups in total. The summed E-state index contributed by atoms with van der Waals surface area (Å²) in [5.74, 6) is 0. The van der Waals surface area contributed by atoms with Gasteiger partial charge in [0.1, 0.15) is 0 Å². The molecule has 0 radical (unpaired) electrons. The molecule has 0 amide bonds. The van der Waals surface area contributed by atoms with Crippen molar-refractivity contribution in [3.8, 4) is 0 Å². The zero-order valence-corrected chi connectivity index (χ0v) is 13.8. The summed E-state index contributed by atoms with van der Waals surface area (Å²) < 4.78 is 33.2. The molecule has 0 aliphatic rings. The van der Waals surface area contributed by atoms with Gasteiger partial charge in [-0.05, 0) is 6.42 Å². The summed E-state index contributed by atoms with van der Waals surface area (Å²) >= 11 is 0. The number of unbranched alkanes of at least 4 members (excludes halogenated alkanes) is 12. The molecular formula is C15H33LiO4S. The molecule has 0 aromatic heterocycles. The summed E-state index contributed by atoms with van der Waals surface area (Å²) in [6.45, 7) is 2.34. The van der Waals surface area contributed by atoms with Gasteiger partial charge in [-0.3, -0.25) is 4.55 Å². The minimum atomic E-state index is -4.24. The summed E-state index contributed by atoms with van der Waals surface area (Å²) in [6.07, 6.45) is 16.1. The van der Waals surface area contributed by atoms with Crippen molar-refractivity contribution in [1.82, 2.24) is 0 Å². The van der Waals surface area contributed by atoms with Gasteiger partial charge in [-0.2, -0.15) is 8.42 Å². The fourth-order valence-corrected chi connectivity index (χ4v) is 2.61. The van der Waals surface area contributed by atoms with Crippen LogP contribution >= 0.6 is 0 Å². The predicted octanol–water partition coefficient (Wildman–Crippen LogP) is 4.25. The Hall–Kier alpha value is 0.467. The van der Waals surface area contributed by atoms with Crippen molar-refractivity contribution in [2.24, 2.45) is 0 Å². The van der Waals surface area contributed by atoms with Crippen molar-refractivity contribution < 1.29 is 17.2 Å². The first-order valence-electron chi connectivity index (χ1n) is 8.18. The summed E-state index contributed by atoms with van der Waals surface area (Å²) in [5.41, 5.74) is 0. The van der Waals surface area contributed by atoms with E-state index in [0.29, 0.717) is 6.42 Å². The van der Waals surface area contributed by atoms with E-state index in [1.807, 2.05) is 0 Å². The van der Waals surface area contributed by atoms with E-state index in [0.717, 1.165) is 12.8 Å². The van der Waals surface area contributed by atoms with E-state index in [1.165, 1.54) is 64.2 Å². The Bertz CT molecular complexity index is 294. The molecule has 0 atom stereocenters. The standard InChI is InChI=1S/C15H32O4S.Li.H/c1-2-3-4-5-6-7-8-9-10-11-12-13-14-15-19-20(16,17)18;;/h2-15H2,1H3,(H,16,17,18);;. The molecule has 0 saturated heterocycles. The molecule has 0 heterocycles. The van der Waals surface area contributed by atoms with E-state index in [4.69, 9.17) is 4.55 Å². The fourth-order valence-electron chi connectivity index (χ4n) is 2.28. The van der Waals surface area contributed by atoms with Crippen LogP contribution in [-0.4, -0.2) is 38.4 Å². The maximum atomic E-state index is 10.3. The van der Waals surface area contributed by atoms with Gasteiger partial charge in [0, 0.05) is 0 Å². The van der Waals surface area contributed by atoms with Crippen molar-refractivity contribution in [3.05, 3.63) is 0 Å². The third-order valence-corrected chi connectivity index (χ3v) is 3.94. The molecule has 124 valence electrons.